The Hall–Kier alpha value is -7.29. The van der Waals surface area contributed by atoms with Gasteiger partial charge in [0.1, 0.15) is 5.82 Å². The average Bonchev–Trinajstić information content (AvgIpc) is 3.77. The van der Waals surface area contributed by atoms with Crippen LogP contribution in [-0.4, -0.2) is 9.55 Å². The van der Waals surface area contributed by atoms with Crippen molar-refractivity contribution >= 4 is 43.4 Å². The van der Waals surface area contributed by atoms with Gasteiger partial charge >= 0.3 is 0 Å². The van der Waals surface area contributed by atoms with E-state index in [0.29, 0.717) is 0 Å². The summed E-state index contributed by atoms with van der Waals surface area (Å²) in [5, 5.41) is 7.84. The fraction of sp³-hybridized carbons (Fsp3) is 0.0364. The van der Waals surface area contributed by atoms with Crippen LogP contribution in [0.3, 0.4) is 0 Å². The normalized spacial score (nSPS) is 13.1. The predicted molar refractivity (Wildman–Crippen MR) is 238 cm³/mol. The monoisotopic (exact) mass is 724 g/mol. The SMILES string of the molecule is Cc1nc2ccccc2n1-c1ccc(-c2ccc3c(c2)C(c2ccccc2)(c2ccccc2)c2cc(-c4ccc5ccc6cccc7ccc4c5c67)ccc2-3)cc1. The molecule has 11 aromatic rings. The van der Waals surface area contributed by atoms with Gasteiger partial charge in [-0.2, -0.15) is 0 Å². The van der Waals surface area contributed by atoms with Crippen molar-refractivity contribution in [3.05, 3.63) is 228 Å². The van der Waals surface area contributed by atoms with Crippen LogP contribution < -0.4 is 0 Å². The molecule has 1 aromatic heterocycles. The van der Waals surface area contributed by atoms with Crippen molar-refractivity contribution in [2.75, 3.05) is 0 Å². The van der Waals surface area contributed by atoms with E-state index in [4.69, 9.17) is 4.98 Å². The number of para-hydroxylation sites is 2. The van der Waals surface area contributed by atoms with E-state index in [1.807, 2.05) is 6.07 Å². The molecule has 0 aliphatic heterocycles. The zero-order chi connectivity index (χ0) is 37.7. The third-order valence-corrected chi connectivity index (χ3v) is 12.6. The minimum absolute atomic E-state index is 0.532. The molecule has 0 unspecified atom stereocenters. The first-order valence-corrected chi connectivity index (χ1v) is 19.8. The topological polar surface area (TPSA) is 17.8 Å². The number of fused-ring (bicyclic) bond motifs is 4. The van der Waals surface area contributed by atoms with Gasteiger partial charge in [0.25, 0.3) is 0 Å². The molecule has 0 fully saturated rings. The maximum atomic E-state index is 4.83. The number of aromatic nitrogens is 2. The molecule has 1 heterocycles. The first-order chi connectivity index (χ1) is 28.2. The summed E-state index contributed by atoms with van der Waals surface area (Å²) < 4.78 is 2.24. The van der Waals surface area contributed by atoms with Gasteiger partial charge in [0.15, 0.2) is 0 Å². The first-order valence-electron chi connectivity index (χ1n) is 19.8. The van der Waals surface area contributed by atoms with Crippen molar-refractivity contribution < 1.29 is 0 Å². The van der Waals surface area contributed by atoms with E-state index in [1.54, 1.807) is 0 Å². The molecule has 0 radical (unpaired) electrons. The number of aryl methyl sites for hydroxylation is 1. The molecule has 0 bridgehead atoms. The Balaban J connectivity index is 1.07. The fourth-order valence-electron chi connectivity index (χ4n) is 10.1. The highest BCUT2D eigenvalue weighted by Gasteiger charge is 2.46. The summed E-state index contributed by atoms with van der Waals surface area (Å²) >= 11 is 0. The van der Waals surface area contributed by atoms with Gasteiger partial charge in [0.05, 0.1) is 16.4 Å². The Morgan fingerprint density at radius 2 is 0.965 bits per heavy atom. The Kier molecular flexibility index (Phi) is 6.80. The molecule has 0 saturated heterocycles. The number of hydrogen-bond acceptors (Lipinski definition) is 1. The lowest BCUT2D eigenvalue weighted by atomic mass is 9.67. The molecule has 12 rings (SSSR count). The van der Waals surface area contributed by atoms with Crippen molar-refractivity contribution in [1.82, 2.24) is 9.55 Å². The molecule has 10 aromatic carbocycles. The van der Waals surface area contributed by atoms with E-state index < -0.39 is 5.41 Å². The standard InChI is InChI=1S/C55H36N2/c1-35-56-51-17-8-9-18-52(51)57(35)44-27-21-36(22-28-44)40-25-30-46-47-31-26-41(45-29-23-39-20-19-37-11-10-12-38-24-32-48(45)54(39)53(37)38)34-50(47)55(49(46)33-40,42-13-4-2-5-14-42)43-15-6-3-7-16-43/h2-34H,1H3. The van der Waals surface area contributed by atoms with Gasteiger partial charge in [-0.15, -0.1) is 0 Å². The van der Waals surface area contributed by atoms with Crippen LogP contribution in [0, 0.1) is 6.92 Å². The van der Waals surface area contributed by atoms with Crippen LogP contribution >= 0.6 is 0 Å². The fourth-order valence-corrected chi connectivity index (χ4v) is 10.1. The van der Waals surface area contributed by atoms with Gasteiger partial charge in [0.2, 0.25) is 0 Å². The minimum atomic E-state index is -0.532. The quantitative estimate of drug-likeness (QED) is 0.162. The average molecular weight is 725 g/mol. The number of hydrogen-bond donors (Lipinski definition) is 0. The molecule has 266 valence electrons. The third-order valence-electron chi connectivity index (χ3n) is 12.6. The lowest BCUT2D eigenvalue weighted by molar-refractivity contribution is 0.769. The molecule has 1 aliphatic rings. The van der Waals surface area contributed by atoms with E-state index in [-0.39, 0.29) is 0 Å². The predicted octanol–water partition coefficient (Wildman–Crippen LogP) is 13.9. The van der Waals surface area contributed by atoms with Gasteiger partial charge in [-0.1, -0.05) is 164 Å². The summed E-state index contributed by atoms with van der Waals surface area (Å²) in [6.45, 7) is 2.08. The van der Waals surface area contributed by atoms with Gasteiger partial charge < -0.3 is 0 Å². The number of rotatable bonds is 5. The Morgan fingerprint density at radius 3 is 1.67 bits per heavy atom. The Bertz CT molecular complexity index is 3280. The highest BCUT2D eigenvalue weighted by atomic mass is 15.1. The second-order valence-electron chi connectivity index (χ2n) is 15.5. The number of benzene rings is 10. The zero-order valence-electron chi connectivity index (χ0n) is 31.4. The summed E-state index contributed by atoms with van der Waals surface area (Å²) in [7, 11) is 0. The Labute approximate surface area is 331 Å². The Morgan fingerprint density at radius 1 is 0.421 bits per heavy atom. The molecule has 2 heteroatoms. The second-order valence-corrected chi connectivity index (χ2v) is 15.5. The summed E-state index contributed by atoms with van der Waals surface area (Å²) in [6, 6.07) is 74.3. The third kappa shape index (κ3) is 4.56. The zero-order valence-corrected chi connectivity index (χ0v) is 31.4. The summed E-state index contributed by atoms with van der Waals surface area (Å²) in [5.41, 5.74) is 15.3. The van der Waals surface area contributed by atoms with Gasteiger partial charge in [-0.3, -0.25) is 4.57 Å². The number of nitrogens with zero attached hydrogens (tertiary/aromatic N) is 2. The highest BCUT2D eigenvalue weighted by Crippen LogP contribution is 2.57. The van der Waals surface area contributed by atoms with Crippen LogP contribution in [-0.2, 0) is 5.41 Å². The molecule has 0 saturated carbocycles. The second kappa shape index (κ2) is 12.1. The van der Waals surface area contributed by atoms with Crippen LogP contribution in [0.25, 0.3) is 82.4 Å². The van der Waals surface area contributed by atoms with Crippen LogP contribution in [0.4, 0.5) is 0 Å². The van der Waals surface area contributed by atoms with E-state index in [1.165, 1.54) is 88.0 Å². The molecule has 57 heavy (non-hydrogen) atoms. The lowest BCUT2D eigenvalue weighted by Gasteiger charge is -2.34. The van der Waals surface area contributed by atoms with Crippen molar-refractivity contribution in [2.24, 2.45) is 0 Å². The van der Waals surface area contributed by atoms with E-state index in [9.17, 15) is 0 Å². The molecule has 0 N–H and O–H groups in total. The van der Waals surface area contributed by atoms with Crippen molar-refractivity contribution in [2.45, 2.75) is 12.3 Å². The van der Waals surface area contributed by atoms with Crippen LogP contribution in [0.15, 0.2) is 200 Å². The van der Waals surface area contributed by atoms with Crippen LogP contribution in [0.5, 0.6) is 0 Å². The van der Waals surface area contributed by atoms with Crippen molar-refractivity contribution in [3.8, 4) is 39.1 Å². The maximum absolute atomic E-state index is 4.83. The van der Waals surface area contributed by atoms with Gasteiger partial charge in [-0.25, -0.2) is 4.98 Å². The number of imidazole rings is 1. The smallest absolute Gasteiger partial charge is 0.111 e. The van der Waals surface area contributed by atoms with Gasteiger partial charge in [-0.05, 0) is 131 Å². The van der Waals surface area contributed by atoms with Gasteiger partial charge in [0, 0.05) is 5.69 Å². The maximum Gasteiger partial charge on any atom is 0.111 e. The molecule has 2 nitrogen and oxygen atoms in total. The molecular formula is C55H36N2. The lowest BCUT2D eigenvalue weighted by Crippen LogP contribution is -2.28. The largest absolute Gasteiger partial charge is 0.297 e. The molecule has 0 amide bonds. The first kappa shape index (κ1) is 32.0. The van der Waals surface area contributed by atoms with E-state index >= 15 is 0 Å². The van der Waals surface area contributed by atoms with Crippen LogP contribution in [0.1, 0.15) is 28.1 Å². The summed E-state index contributed by atoms with van der Waals surface area (Å²) in [5.74, 6) is 0.983. The van der Waals surface area contributed by atoms with E-state index in [0.717, 1.165) is 22.5 Å². The summed E-state index contributed by atoms with van der Waals surface area (Å²) in [6.07, 6.45) is 0. The highest BCUT2D eigenvalue weighted by molar-refractivity contribution is 6.25. The molecule has 0 atom stereocenters. The minimum Gasteiger partial charge on any atom is -0.297 e. The molecular weight excluding hydrogens is 689 g/mol. The van der Waals surface area contributed by atoms with Crippen LogP contribution in [0.2, 0.25) is 0 Å². The van der Waals surface area contributed by atoms with E-state index in [2.05, 4.69) is 206 Å². The van der Waals surface area contributed by atoms with Crippen molar-refractivity contribution in [3.63, 3.8) is 0 Å². The summed E-state index contributed by atoms with van der Waals surface area (Å²) in [4.78, 5) is 4.83. The van der Waals surface area contributed by atoms with Crippen molar-refractivity contribution in [1.29, 1.82) is 0 Å². The molecule has 0 spiro atoms. The molecule has 1 aliphatic carbocycles.